The van der Waals surface area contributed by atoms with E-state index < -0.39 is 0 Å². The summed E-state index contributed by atoms with van der Waals surface area (Å²) in [5.41, 5.74) is 2.40. The first-order valence-corrected chi connectivity index (χ1v) is 8.50. The van der Waals surface area contributed by atoms with E-state index in [-0.39, 0.29) is 12.5 Å². The van der Waals surface area contributed by atoms with E-state index in [2.05, 4.69) is 25.5 Å². The Hall–Kier alpha value is -2.25. The SMILES string of the molecule is CN(C)C(=O)COC[C@@H]1CN(Cc2cccnc2)Cc2cncn2C1. The normalized spacial score (nSPS) is 17.8. The Morgan fingerprint density at radius 2 is 2.20 bits per heavy atom. The average molecular weight is 343 g/mol. The van der Waals surface area contributed by atoms with E-state index in [1.54, 1.807) is 25.2 Å². The lowest BCUT2D eigenvalue weighted by molar-refractivity contribution is -0.134. The number of hydrogen-bond donors (Lipinski definition) is 0. The lowest BCUT2D eigenvalue weighted by Gasteiger charge is -2.24. The van der Waals surface area contributed by atoms with Gasteiger partial charge in [-0.2, -0.15) is 0 Å². The second-order valence-electron chi connectivity index (χ2n) is 6.74. The molecule has 1 atom stereocenters. The monoisotopic (exact) mass is 343 g/mol. The van der Waals surface area contributed by atoms with E-state index in [1.165, 1.54) is 11.3 Å². The molecule has 7 nitrogen and oxygen atoms in total. The highest BCUT2D eigenvalue weighted by Crippen LogP contribution is 2.18. The van der Waals surface area contributed by atoms with Crippen molar-refractivity contribution < 1.29 is 9.53 Å². The fraction of sp³-hybridized carbons (Fsp3) is 0.500. The molecule has 0 bridgehead atoms. The van der Waals surface area contributed by atoms with Crippen LogP contribution in [0.2, 0.25) is 0 Å². The first-order chi connectivity index (χ1) is 12.1. The van der Waals surface area contributed by atoms with Crippen LogP contribution in [0.25, 0.3) is 0 Å². The average Bonchev–Trinajstić information content (AvgIpc) is 2.95. The van der Waals surface area contributed by atoms with Crippen LogP contribution in [0.5, 0.6) is 0 Å². The van der Waals surface area contributed by atoms with Gasteiger partial charge in [0.25, 0.3) is 0 Å². The number of pyridine rings is 1. The molecule has 3 rings (SSSR count). The van der Waals surface area contributed by atoms with Crippen LogP contribution in [-0.4, -0.2) is 64.1 Å². The second kappa shape index (κ2) is 8.22. The molecule has 0 spiro atoms. The fourth-order valence-electron chi connectivity index (χ4n) is 3.06. The molecule has 0 aromatic carbocycles. The van der Waals surface area contributed by atoms with Crippen LogP contribution in [0, 0.1) is 5.92 Å². The van der Waals surface area contributed by atoms with Crippen LogP contribution in [0.3, 0.4) is 0 Å². The molecule has 0 fully saturated rings. The quantitative estimate of drug-likeness (QED) is 0.783. The van der Waals surface area contributed by atoms with Gasteiger partial charge >= 0.3 is 0 Å². The highest BCUT2D eigenvalue weighted by Gasteiger charge is 2.22. The molecule has 1 aliphatic rings. The van der Waals surface area contributed by atoms with Gasteiger partial charge in [-0.25, -0.2) is 4.98 Å². The Labute approximate surface area is 148 Å². The molecule has 0 aliphatic carbocycles. The number of ether oxygens (including phenoxy) is 1. The molecular formula is C18H25N5O2. The third kappa shape index (κ3) is 4.87. The zero-order valence-electron chi connectivity index (χ0n) is 14.8. The summed E-state index contributed by atoms with van der Waals surface area (Å²) >= 11 is 0. The number of amides is 1. The van der Waals surface area contributed by atoms with Gasteiger partial charge in [-0.05, 0) is 11.6 Å². The summed E-state index contributed by atoms with van der Waals surface area (Å²) in [7, 11) is 3.48. The third-order valence-corrected chi connectivity index (χ3v) is 4.36. The van der Waals surface area contributed by atoms with Crippen LogP contribution >= 0.6 is 0 Å². The maximum Gasteiger partial charge on any atom is 0.248 e. The largest absolute Gasteiger partial charge is 0.371 e. The van der Waals surface area contributed by atoms with Gasteiger partial charge in [0.15, 0.2) is 0 Å². The first kappa shape index (κ1) is 17.6. The molecule has 0 saturated heterocycles. The van der Waals surface area contributed by atoms with Crippen molar-refractivity contribution >= 4 is 5.91 Å². The van der Waals surface area contributed by atoms with E-state index in [0.29, 0.717) is 12.5 Å². The summed E-state index contributed by atoms with van der Waals surface area (Å²) in [5, 5.41) is 0. The molecule has 0 radical (unpaired) electrons. The van der Waals surface area contributed by atoms with Crippen LogP contribution in [0.4, 0.5) is 0 Å². The molecule has 0 N–H and O–H groups in total. The van der Waals surface area contributed by atoms with Gasteiger partial charge in [-0.1, -0.05) is 6.07 Å². The van der Waals surface area contributed by atoms with Crippen molar-refractivity contribution in [2.45, 2.75) is 19.6 Å². The van der Waals surface area contributed by atoms with Gasteiger partial charge in [0.2, 0.25) is 5.91 Å². The molecule has 7 heteroatoms. The number of imidazole rings is 1. The molecule has 2 aromatic rings. The summed E-state index contributed by atoms with van der Waals surface area (Å²) in [4.78, 5) is 24.1. The zero-order valence-corrected chi connectivity index (χ0v) is 14.8. The molecule has 134 valence electrons. The van der Waals surface area contributed by atoms with E-state index in [9.17, 15) is 4.79 Å². The number of nitrogens with zero attached hydrogens (tertiary/aromatic N) is 5. The summed E-state index contributed by atoms with van der Waals surface area (Å²) in [6.07, 6.45) is 7.50. The Morgan fingerprint density at radius 3 is 2.96 bits per heavy atom. The van der Waals surface area contributed by atoms with Gasteiger partial charge in [0.1, 0.15) is 6.61 Å². The van der Waals surface area contributed by atoms with Gasteiger partial charge in [0.05, 0.1) is 18.6 Å². The highest BCUT2D eigenvalue weighted by atomic mass is 16.5. The predicted molar refractivity (Wildman–Crippen MR) is 93.6 cm³/mol. The standard InChI is InChI=1S/C18H25N5O2/c1-21(2)18(24)13-25-12-16-9-22(8-15-4-3-5-19-6-15)11-17-7-20-14-23(17)10-16/h3-7,14,16H,8-13H2,1-2H3/t16-/m1/s1. The number of rotatable bonds is 6. The van der Waals surface area contributed by atoms with Crippen molar-refractivity contribution in [3.8, 4) is 0 Å². The minimum atomic E-state index is -0.0100. The third-order valence-electron chi connectivity index (χ3n) is 4.36. The van der Waals surface area contributed by atoms with Crippen LogP contribution in [-0.2, 0) is 29.2 Å². The van der Waals surface area contributed by atoms with Crippen molar-refractivity contribution in [2.24, 2.45) is 5.92 Å². The molecule has 1 aliphatic heterocycles. The molecule has 2 aromatic heterocycles. The van der Waals surface area contributed by atoms with Gasteiger partial charge in [-0.15, -0.1) is 0 Å². The summed E-state index contributed by atoms with van der Waals surface area (Å²) in [5.74, 6) is 0.297. The fourth-order valence-corrected chi connectivity index (χ4v) is 3.06. The Bertz CT molecular complexity index is 686. The molecular weight excluding hydrogens is 318 g/mol. The number of likely N-dealkylation sites (N-methyl/N-ethyl adjacent to an activating group) is 1. The topological polar surface area (TPSA) is 63.5 Å². The Kier molecular flexibility index (Phi) is 5.78. The Balaban J connectivity index is 1.63. The molecule has 25 heavy (non-hydrogen) atoms. The van der Waals surface area contributed by atoms with E-state index in [4.69, 9.17) is 4.74 Å². The molecule has 0 saturated carbocycles. The second-order valence-corrected chi connectivity index (χ2v) is 6.74. The maximum atomic E-state index is 11.7. The van der Waals surface area contributed by atoms with E-state index in [1.807, 2.05) is 24.8 Å². The van der Waals surface area contributed by atoms with Crippen molar-refractivity contribution in [3.63, 3.8) is 0 Å². The van der Waals surface area contributed by atoms with Gasteiger partial charge < -0.3 is 14.2 Å². The molecule has 0 unspecified atom stereocenters. The minimum absolute atomic E-state index is 0.0100. The molecule has 3 heterocycles. The Morgan fingerprint density at radius 1 is 1.32 bits per heavy atom. The van der Waals surface area contributed by atoms with Crippen LogP contribution in [0.1, 0.15) is 11.3 Å². The van der Waals surface area contributed by atoms with Crippen molar-refractivity contribution in [1.82, 2.24) is 24.3 Å². The first-order valence-electron chi connectivity index (χ1n) is 8.50. The number of carbonyl (C=O) groups excluding carboxylic acids is 1. The van der Waals surface area contributed by atoms with E-state index >= 15 is 0 Å². The summed E-state index contributed by atoms with van der Waals surface area (Å²) in [6, 6.07) is 4.06. The zero-order chi connectivity index (χ0) is 17.6. The minimum Gasteiger partial charge on any atom is -0.371 e. The number of aromatic nitrogens is 3. The van der Waals surface area contributed by atoms with Crippen LogP contribution < -0.4 is 0 Å². The summed E-state index contributed by atoms with van der Waals surface area (Å²) < 4.78 is 7.86. The van der Waals surface area contributed by atoms with Crippen molar-refractivity contribution in [2.75, 3.05) is 33.9 Å². The predicted octanol–water partition coefficient (Wildman–Crippen LogP) is 1.01. The van der Waals surface area contributed by atoms with Crippen LogP contribution in [0.15, 0.2) is 37.1 Å². The highest BCUT2D eigenvalue weighted by molar-refractivity contribution is 5.76. The lowest BCUT2D eigenvalue weighted by atomic mass is 10.1. The summed E-state index contributed by atoms with van der Waals surface area (Å²) in [6.45, 7) is 4.14. The van der Waals surface area contributed by atoms with E-state index in [0.717, 1.165) is 26.2 Å². The smallest absolute Gasteiger partial charge is 0.248 e. The maximum absolute atomic E-state index is 11.7. The van der Waals surface area contributed by atoms with Crippen molar-refractivity contribution in [3.05, 3.63) is 48.3 Å². The van der Waals surface area contributed by atoms with Crippen molar-refractivity contribution in [1.29, 1.82) is 0 Å². The number of hydrogen-bond acceptors (Lipinski definition) is 5. The molecule has 1 amide bonds. The lowest BCUT2D eigenvalue weighted by Crippen LogP contribution is -2.32. The number of fused-ring (bicyclic) bond motifs is 1. The van der Waals surface area contributed by atoms with Gasteiger partial charge in [-0.3, -0.25) is 14.7 Å². The number of carbonyl (C=O) groups is 1. The van der Waals surface area contributed by atoms with Gasteiger partial charge in [0, 0.05) is 64.8 Å².